The zero-order valence-electron chi connectivity index (χ0n) is 13.8. The lowest BCUT2D eigenvalue weighted by molar-refractivity contribution is 0.132. The third-order valence-electron chi connectivity index (χ3n) is 3.16. The third-order valence-corrected chi connectivity index (χ3v) is 3.16. The first kappa shape index (κ1) is 17.7. The zero-order valence-corrected chi connectivity index (χ0v) is 13.8. The van der Waals surface area contributed by atoms with Gasteiger partial charge in [0.25, 0.3) is 0 Å². The quantitative estimate of drug-likeness (QED) is 0.455. The highest BCUT2D eigenvalue weighted by Gasteiger charge is 2.17. The molecule has 6 heteroatoms. The number of aryl methyl sites for hydroxylation is 1. The Bertz CT molecular complexity index is 456. The van der Waals surface area contributed by atoms with Gasteiger partial charge in [-0.15, -0.1) is 0 Å². The van der Waals surface area contributed by atoms with Crippen molar-refractivity contribution in [2.24, 2.45) is 11.3 Å². The van der Waals surface area contributed by atoms with Gasteiger partial charge < -0.3 is 15.8 Å². The maximum atomic E-state index is 10.1. The fourth-order valence-electron chi connectivity index (χ4n) is 2.20. The molecule has 1 rings (SSSR count). The lowest BCUT2D eigenvalue weighted by atomic mass is 9.89. The summed E-state index contributed by atoms with van der Waals surface area (Å²) in [5, 5.41) is 13.3. The second-order valence-corrected chi connectivity index (χ2v) is 6.66. The van der Waals surface area contributed by atoms with E-state index in [-0.39, 0.29) is 5.41 Å². The van der Waals surface area contributed by atoms with E-state index < -0.39 is 6.10 Å². The molecule has 0 aliphatic carbocycles. The van der Waals surface area contributed by atoms with Crippen molar-refractivity contribution in [1.82, 2.24) is 9.97 Å². The molecule has 0 saturated heterocycles. The van der Waals surface area contributed by atoms with Crippen LogP contribution in [0.25, 0.3) is 0 Å². The van der Waals surface area contributed by atoms with Gasteiger partial charge in [0.05, 0.1) is 6.10 Å². The largest absolute Gasteiger partial charge is 0.391 e. The van der Waals surface area contributed by atoms with Gasteiger partial charge >= 0.3 is 0 Å². The molecule has 1 unspecified atom stereocenters. The number of hydrogen-bond acceptors (Lipinski definition) is 6. The number of hydrogen-bond donors (Lipinski definition) is 4. The molecule has 1 aromatic heterocycles. The van der Waals surface area contributed by atoms with Crippen molar-refractivity contribution < 1.29 is 5.11 Å². The predicted molar refractivity (Wildman–Crippen MR) is 87.1 cm³/mol. The van der Waals surface area contributed by atoms with Crippen molar-refractivity contribution in [2.45, 2.75) is 60.0 Å². The molecule has 0 spiro atoms. The minimum Gasteiger partial charge on any atom is -0.391 e. The second-order valence-electron chi connectivity index (χ2n) is 6.66. The molecule has 1 aromatic rings. The fourth-order valence-corrected chi connectivity index (χ4v) is 2.20. The first-order valence-electron chi connectivity index (χ1n) is 7.53. The molecule has 0 aromatic carbocycles. The molecule has 0 fully saturated rings. The van der Waals surface area contributed by atoms with Crippen LogP contribution in [0.15, 0.2) is 0 Å². The molecule has 21 heavy (non-hydrogen) atoms. The average molecular weight is 295 g/mol. The fraction of sp³-hybridized carbons (Fsp3) is 0.733. The van der Waals surface area contributed by atoms with Gasteiger partial charge in [0, 0.05) is 18.5 Å². The van der Waals surface area contributed by atoms with Crippen LogP contribution >= 0.6 is 0 Å². The van der Waals surface area contributed by atoms with Crippen molar-refractivity contribution in [1.29, 1.82) is 0 Å². The van der Waals surface area contributed by atoms with E-state index in [1.54, 1.807) is 0 Å². The molecule has 120 valence electrons. The van der Waals surface area contributed by atoms with Crippen molar-refractivity contribution in [3.63, 3.8) is 0 Å². The van der Waals surface area contributed by atoms with Crippen molar-refractivity contribution in [3.8, 4) is 0 Å². The second kappa shape index (κ2) is 7.56. The summed E-state index contributed by atoms with van der Waals surface area (Å²) in [5.74, 6) is 7.62. The molecule has 0 radical (unpaired) electrons. The van der Waals surface area contributed by atoms with E-state index in [0.717, 1.165) is 36.5 Å². The van der Waals surface area contributed by atoms with Crippen molar-refractivity contribution in [2.75, 3.05) is 17.3 Å². The minimum atomic E-state index is -0.414. The molecule has 0 aliphatic heterocycles. The molecule has 5 N–H and O–H groups in total. The summed E-state index contributed by atoms with van der Waals surface area (Å²) >= 11 is 0. The van der Waals surface area contributed by atoms with E-state index in [0.29, 0.717) is 12.4 Å². The number of hydrazine groups is 1. The zero-order chi connectivity index (χ0) is 16.0. The SMILES string of the molecule is CCCc1nc(NN)c(C)c(NCC(O)CC(C)(C)C)n1. The van der Waals surface area contributed by atoms with Crippen LogP contribution in [0, 0.1) is 12.3 Å². The lowest BCUT2D eigenvalue weighted by Gasteiger charge is -2.23. The summed E-state index contributed by atoms with van der Waals surface area (Å²) < 4.78 is 0. The lowest BCUT2D eigenvalue weighted by Crippen LogP contribution is -2.26. The summed E-state index contributed by atoms with van der Waals surface area (Å²) in [6.45, 7) is 10.8. The standard InChI is InChI=1S/C15H29N5O/c1-6-7-12-18-13(10(2)14(19-12)20-16)17-9-11(21)8-15(3,4)5/h11,21H,6-9,16H2,1-5H3,(H2,17,18,19,20). The van der Waals surface area contributed by atoms with Crippen LogP contribution in [0.2, 0.25) is 0 Å². The van der Waals surface area contributed by atoms with Crippen molar-refractivity contribution in [3.05, 3.63) is 11.4 Å². The van der Waals surface area contributed by atoms with Gasteiger partial charge in [-0.2, -0.15) is 0 Å². The van der Waals surface area contributed by atoms with Gasteiger partial charge in [-0.3, -0.25) is 0 Å². The monoisotopic (exact) mass is 295 g/mol. The summed E-state index contributed by atoms with van der Waals surface area (Å²) in [6.07, 6.45) is 2.09. The Hall–Kier alpha value is -1.40. The van der Waals surface area contributed by atoms with Crippen LogP contribution in [-0.4, -0.2) is 27.7 Å². The van der Waals surface area contributed by atoms with E-state index in [1.807, 2.05) is 6.92 Å². The van der Waals surface area contributed by atoms with Crippen LogP contribution in [0.1, 0.15) is 51.9 Å². The van der Waals surface area contributed by atoms with Gasteiger partial charge in [0.15, 0.2) is 0 Å². The third kappa shape index (κ3) is 5.85. The summed E-state index contributed by atoms with van der Waals surface area (Å²) in [5.41, 5.74) is 3.56. The number of aliphatic hydroxyl groups excluding tert-OH is 1. The highest BCUT2D eigenvalue weighted by molar-refractivity contribution is 5.56. The van der Waals surface area contributed by atoms with Gasteiger partial charge in [-0.05, 0) is 25.2 Å². The summed E-state index contributed by atoms with van der Waals surface area (Å²) in [4.78, 5) is 8.89. The smallest absolute Gasteiger partial charge is 0.148 e. The minimum absolute atomic E-state index is 0.0964. The Morgan fingerprint density at radius 3 is 2.38 bits per heavy atom. The Morgan fingerprint density at radius 1 is 1.24 bits per heavy atom. The number of nitrogen functional groups attached to an aromatic ring is 1. The topological polar surface area (TPSA) is 96.1 Å². The highest BCUT2D eigenvalue weighted by atomic mass is 16.3. The Labute approximate surface area is 127 Å². The summed E-state index contributed by atoms with van der Waals surface area (Å²) in [6, 6.07) is 0. The molecule has 1 atom stereocenters. The highest BCUT2D eigenvalue weighted by Crippen LogP contribution is 2.22. The number of rotatable bonds is 7. The van der Waals surface area contributed by atoms with Crippen LogP contribution in [0.3, 0.4) is 0 Å². The number of aromatic nitrogens is 2. The van der Waals surface area contributed by atoms with Crippen LogP contribution in [-0.2, 0) is 6.42 Å². The van der Waals surface area contributed by atoms with Gasteiger partial charge in [-0.1, -0.05) is 27.7 Å². The van der Waals surface area contributed by atoms with Gasteiger partial charge in [0.1, 0.15) is 17.5 Å². The maximum absolute atomic E-state index is 10.1. The van der Waals surface area contributed by atoms with Crippen LogP contribution < -0.4 is 16.6 Å². The van der Waals surface area contributed by atoms with E-state index in [2.05, 4.69) is 48.4 Å². The summed E-state index contributed by atoms with van der Waals surface area (Å²) in [7, 11) is 0. The van der Waals surface area contributed by atoms with Crippen LogP contribution in [0.5, 0.6) is 0 Å². The first-order valence-corrected chi connectivity index (χ1v) is 7.53. The van der Waals surface area contributed by atoms with E-state index in [1.165, 1.54) is 0 Å². The van der Waals surface area contributed by atoms with Crippen LogP contribution in [0.4, 0.5) is 11.6 Å². The molecule has 0 aliphatic rings. The molecule has 0 saturated carbocycles. The molecule has 6 nitrogen and oxygen atoms in total. The maximum Gasteiger partial charge on any atom is 0.148 e. The number of nitrogens with zero attached hydrogens (tertiary/aromatic N) is 2. The number of anilines is 2. The molecule has 0 amide bonds. The first-order chi connectivity index (χ1) is 9.76. The normalized spacial score (nSPS) is 13.1. The molecular weight excluding hydrogens is 266 g/mol. The molecule has 0 bridgehead atoms. The number of nitrogens with one attached hydrogen (secondary N) is 2. The number of aliphatic hydroxyl groups is 1. The Balaban J connectivity index is 2.79. The van der Waals surface area contributed by atoms with Crippen molar-refractivity contribution >= 4 is 11.6 Å². The van der Waals surface area contributed by atoms with E-state index in [4.69, 9.17) is 5.84 Å². The number of nitrogens with two attached hydrogens (primary N) is 1. The molecule has 1 heterocycles. The van der Waals surface area contributed by atoms with E-state index in [9.17, 15) is 5.11 Å². The molecular formula is C15H29N5O. The van der Waals surface area contributed by atoms with Gasteiger partial charge in [-0.25, -0.2) is 15.8 Å². The average Bonchev–Trinajstić information content (AvgIpc) is 2.37. The van der Waals surface area contributed by atoms with Gasteiger partial charge in [0.2, 0.25) is 0 Å². The Kier molecular flexibility index (Phi) is 6.36. The van der Waals surface area contributed by atoms with E-state index >= 15 is 0 Å². The Morgan fingerprint density at radius 2 is 1.86 bits per heavy atom. The predicted octanol–water partition coefficient (Wildman–Crippen LogP) is 2.23.